The molecule has 1 atom stereocenters. The molecule has 2 aliphatic rings. The Morgan fingerprint density at radius 3 is 2.65 bits per heavy atom. The van der Waals surface area contributed by atoms with Crippen LogP contribution in [0.4, 0.5) is 5.69 Å². The first-order valence-electron chi connectivity index (χ1n) is 7.30. The second-order valence-electron chi connectivity index (χ2n) is 6.02. The molecule has 1 saturated heterocycles. The number of aryl methyl sites for hydroxylation is 1. The maximum atomic E-state index is 12.3. The summed E-state index contributed by atoms with van der Waals surface area (Å²) in [4.78, 5) is 14.7. The van der Waals surface area contributed by atoms with Crippen molar-refractivity contribution in [2.45, 2.75) is 37.8 Å². The van der Waals surface area contributed by atoms with E-state index in [2.05, 4.69) is 29.3 Å². The average molecular weight is 274 g/mol. The first-order valence-corrected chi connectivity index (χ1v) is 7.30. The number of likely N-dealkylation sites (tertiary alicyclic amines) is 1. The van der Waals surface area contributed by atoms with Crippen molar-refractivity contribution in [3.05, 3.63) is 29.8 Å². The highest BCUT2D eigenvalue weighted by atomic mass is 16.5. The third kappa shape index (κ3) is 2.52. The number of hydrogen-bond donors (Lipinski definition) is 1. The molecule has 1 saturated carbocycles. The summed E-state index contributed by atoms with van der Waals surface area (Å²) in [6.45, 7) is 3.78. The summed E-state index contributed by atoms with van der Waals surface area (Å²) >= 11 is 0. The topological polar surface area (TPSA) is 41.6 Å². The number of nitrogens with one attached hydrogen (secondary N) is 1. The number of nitrogens with zero attached hydrogens (tertiary/aromatic N) is 1. The summed E-state index contributed by atoms with van der Waals surface area (Å²) in [6, 6.07) is 8.85. The first kappa shape index (κ1) is 13.4. The molecule has 4 heteroatoms. The van der Waals surface area contributed by atoms with Crippen molar-refractivity contribution < 1.29 is 9.53 Å². The lowest BCUT2D eigenvalue weighted by Crippen LogP contribution is -2.49. The molecule has 1 aliphatic carbocycles. The smallest absolute Gasteiger partial charge is 0.332 e. The van der Waals surface area contributed by atoms with Gasteiger partial charge in [-0.2, -0.15) is 0 Å². The van der Waals surface area contributed by atoms with E-state index in [0.29, 0.717) is 6.04 Å². The van der Waals surface area contributed by atoms with E-state index in [0.717, 1.165) is 25.2 Å². The molecule has 108 valence electrons. The zero-order valence-electron chi connectivity index (χ0n) is 12.2. The molecule has 1 unspecified atom stereocenters. The van der Waals surface area contributed by atoms with Crippen molar-refractivity contribution in [1.82, 2.24) is 4.90 Å². The summed E-state index contributed by atoms with van der Waals surface area (Å²) in [6.07, 6.45) is 3.34. The van der Waals surface area contributed by atoms with Crippen molar-refractivity contribution in [1.29, 1.82) is 0 Å². The number of rotatable bonds is 4. The van der Waals surface area contributed by atoms with Crippen LogP contribution in [0.25, 0.3) is 0 Å². The lowest BCUT2D eigenvalue weighted by atomic mass is 9.98. The fourth-order valence-corrected chi connectivity index (χ4v) is 3.02. The van der Waals surface area contributed by atoms with Crippen molar-refractivity contribution >= 4 is 11.7 Å². The third-order valence-corrected chi connectivity index (χ3v) is 4.37. The van der Waals surface area contributed by atoms with E-state index in [1.165, 1.54) is 25.5 Å². The Morgan fingerprint density at radius 2 is 2.05 bits per heavy atom. The molecular weight excluding hydrogens is 252 g/mol. The minimum Gasteiger partial charge on any atom is -0.467 e. The van der Waals surface area contributed by atoms with Gasteiger partial charge in [0.25, 0.3) is 0 Å². The van der Waals surface area contributed by atoms with E-state index in [4.69, 9.17) is 4.74 Å². The summed E-state index contributed by atoms with van der Waals surface area (Å²) in [5.74, 6) is -0.152. The van der Waals surface area contributed by atoms with Gasteiger partial charge < -0.3 is 10.1 Å². The molecule has 1 heterocycles. The monoisotopic (exact) mass is 274 g/mol. The fraction of sp³-hybridized carbons (Fsp3) is 0.562. The number of carbonyl (C=O) groups is 1. The number of carbonyl (C=O) groups excluding carboxylic acids is 1. The largest absolute Gasteiger partial charge is 0.467 e. The molecule has 3 rings (SSSR count). The average Bonchev–Trinajstić information content (AvgIpc) is 3.22. The van der Waals surface area contributed by atoms with E-state index < -0.39 is 5.54 Å². The second kappa shape index (κ2) is 5.09. The van der Waals surface area contributed by atoms with E-state index in [-0.39, 0.29) is 5.97 Å². The molecule has 1 aliphatic heterocycles. The van der Waals surface area contributed by atoms with Crippen LogP contribution in [0.3, 0.4) is 0 Å². The summed E-state index contributed by atoms with van der Waals surface area (Å²) in [7, 11) is 1.47. The van der Waals surface area contributed by atoms with Gasteiger partial charge in [0.15, 0.2) is 0 Å². The van der Waals surface area contributed by atoms with Crippen LogP contribution in [-0.2, 0) is 9.53 Å². The molecule has 1 aromatic carbocycles. The molecule has 20 heavy (non-hydrogen) atoms. The van der Waals surface area contributed by atoms with Crippen LogP contribution >= 0.6 is 0 Å². The summed E-state index contributed by atoms with van der Waals surface area (Å²) in [5, 5.41) is 3.43. The Balaban J connectivity index is 1.79. The minimum absolute atomic E-state index is 0.152. The van der Waals surface area contributed by atoms with Crippen LogP contribution in [0.15, 0.2) is 24.3 Å². The van der Waals surface area contributed by atoms with Crippen LogP contribution in [0.1, 0.15) is 24.8 Å². The zero-order chi connectivity index (χ0) is 14.2. The molecule has 0 spiro atoms. The van der Waals surface area contributed by atoms with Gasteiger partial charge >= 0.3 is 5.97 Å². The predicted octanol–water partition coefficient (Wildman–Crippen LogP) is 2.19. The van der Waals surface area contributed by atoms with Crippen LogP contribution in [-0.4, -0.2) is 42.6 Å². The molecule has 1 N–H and O–H groups in total. The molecule has 0 aromatic heterocycles. The van der Waals surface area contributed by atoms with Crippen LogP contribution in [0.2, 0.25) is 0 Å². The highest BCUT2D eigenvalue weighted by molar-refractivity contribution is 5.85. The Morgan fingerprint density at radius 1 is 1.35 bits per heavy atom. The number of ether oxygens (including phenoxy) is 1. The molecule has 0 radical (unpaired) electrons. The van der Waals surface area contributed by atoms with Crippen molar-refractivity contribution in [3.8, 4) is 0 Å². The fourth-order valence-electron chi connectivity index (χ4n) is 3.02. The number of hydrogen-bond acceptors (Lipinski definition) is 4. The predicted molar refractivity (Wildman–Crippen MR) is 78.8 cm³/mol. The molecule has 0 bridgehead atoms. The highest BCUT2D eigenvalue weighted by Gasteiger charge is 2.49. The normalized spacial score (nSPS) is 26.5. The van der Waals surface area contributed by atoms with Crippen molar-refractivity contribution in [2.24, 2.45) is 0 Å². The quantitative estimate of drug-likeness (QED) is 0.855. The highest BCUT2D eigenvalue weighted by Crippen LogP contribution is 2.35. The Bertz CT molecular complexity index is 496. The molecule has 4 nitrogen and oxygen atoms in total. The van der Waals surface area contributed by atoms with Gasteiger partial charge in [-0.05, 0) is 38.3 Å². The van der Waals surface area contributed by atoms with Gasteiger partial charge in [-0.15, -0.1) is 0 Å². The minimum atomic E-state index is -0.591. The van der Waals surface area contributed by atoms with Crippen LogP contribution in [0, 0.1) is 6.92 Å². The van der Waals surface area contributed by atoms with Crippen LogP contribution in [0.5, 0.6) is 0 Å². The number of benzene rings is 1. The van der Waals surface area contributed by atoms with E-state index in [1.54, 1.807) is 0 Å². The van der Waals surface area contributed by atoms with Crippen LogP contribution < -0.4 is 5.32 Å². The van der Waals surface area contributed by atoms with E-state index in [1.807, 2.05) is 12.1 Å². The second-order valence-corrected chi connectivity index (χ2v) is 6.02. The zero-order valence-corrected chi connectivity index (χ0v) is 12.2. The van der Waals surface area contributed by atoms with Gasteiger partial charge in [0.2, 0.25) is 0 Å². The molecular formula is C16H22N2O2. The molecule has 2 fully saturated rings. The van der Waals surface area contributed by atoms with E-state index >= 15 is 0 Å². The lowest BCUT2D eigenvalue weighted by Gasteiger charge is -2.29. The van der Waals surface area contributed by atoms with E-state index in [9.17, 15) is 4.79 Å². The first-order chi connectivity index (χ1) is 9.63. The van der Waals surface area contributed by atoms with Crippen molar-refractivity contribution in [3.63, 3.8) is 0 Å². The maximum Gasteiger partial charge on any atom is 0.332 e. The Hall–Kier alpha value is -1.55. The molecule has 1 aromatic rings. The van der Waals surface area contributed by atoms with Crippen molar-refractivity contribution in [2.75, 3.05) is 25.5 Å². The standard InChI is InChI=1S/C16H22N2O2/c1-12-3-5-13(6-4-12)17-16(15(19)20-2)9-10-18(11-16)14-7-8-14/h3-6,14,17H,7-11H2,1-2H3. The number of anilines is 1. The summed E-state index contributed by atoms with van der Waals surface area (Å²) in [5.41, 5.74) is 1.61. The number of esters is 1. The van der Waals surface area contributed by atoms with Gasteiger partial charge in [0.1, 0.15) is 5.54 Å². The van der Waals surface area contributed by atoms with Gasteiger partial charge in [-0.3, -0.25) is 4.90 Å². The van der Waals surface area contributed by atoms with Gasteiger partial charge in [-0.1, -0.05) is 17.7 Å². The third-order valence-electron chi connectivity index (χ3n) is 4.37. The van der Waals surface area contributed by atoms with Gasteiger partial charge in [0, 0.05) is 24.8 Å². The SMILES string of the molecule is COC(=O)C1(Nc2ccc(C)cc2)CCN(C2CC2)C1. The molecule has 0 amide bonds. The number of methoxy groups -OCH3 is 1. The van der Waals surface area contributed by atoms with Gasteiger partial charge in [0.05, 0.1) is 7.11 Å². The summed E-state index contributed by atoms with van der Waals surface area (Å²) < 4.78 is 5.05. The Labute approximate surface area is 120 Å². The maximum absolute atomic E-state index is 12.3. The Kier molecular flexibility index (Phi) is 3.42. The lowest BCUT2D eigenvalue weighted by molar-refractivity contribution is -0.145. The van der Waals surface area contributed by atoms with Gasteiger partial charge in [-0.25, -0.2) is 4.79 Å².